The third kappa shape index (κ3) is 5.24. The lowest BCUT2D eigenvalue weighted by molar-refractivity contribution is -0.133. The first-order chi connectivity index (χ1) is 17.8. The number of hydrogen-bond donors (Lipinski definition) is 1. The Morgan fingerprint density at radius 1 is 1.08 bits per heavy atom. The summed E-state index contributed by atoms with van der Waals surface area (Å²) in [5.74, 6) is -1.54. The Morgan fingerprint density at radius 3 is 2.62 bits per heavy atom. The Hall–Kier alpha value is -3.67. The van der Waals surface area contributed by atoms with Gasteiger partial charge in [-0.3, -0.25) is 23.9 Å². The van der Waals surface area contributed by atoms with Gasteiger partial charge in [0, 0.05) is 43.8 Å². The van der Waals surface area contributed by atoms with Gasteiger partial charge in [-0.2, -0.15) is 0 Å². The van der Waals surface area contributed by atoms with E-state index < -0.39 is 17.2 Å². The Kier molecular flexibility index (Phi) is 7.00. The maximum atomic E-state index is 12.9. The van der Waals surface area contributed by atoms with Gasteiger partial charge in [-0.25, -0.2) is 4.79 Å². The number of benzene rings is 2. The Morgan fingerprint density at radius 2 is 1.86 bits per heavy atom. The van der Waals surface area contributed by atoms with Crippen molar-refractivity contribution < 1.29 is 23.8 Å². The first-order valence-corrected chi connectivity index (χ1v) is 12.7. The van der Waals surface area contributed by atoms with Gasteiger partial charge in [-0.1, -0.05) is 29.0 Å². The summed E-state index contributed by atoms with van der Waals surface area (Å²) in [4.78, 5) is 52.6. The fraction of sp³-hybridized carbons (Fsp3) is 0.280. The van der Waals surface area contributed by atoms with E-state index in [0.29, 0.717) is 55.6 Å². The number of fused-ring (bicyclic) bond motifs is 2. The predicted octanol–water partition coefficient (Wildman–Crippen LogP) is 2.74. The number of carbonyl (C=O) groups excluding carboxylic acids is 1. The van der Waals surface area contributed by atoms with Crippen molar-refractivity contribution in [3.05, 3.63) is 73.1 Å². The molecule has 0 saturated carbocycles. The van der Waals surface area contributed by atoms with E-state index in [1.807, 2.05) is 0 Å². The third-order valence-electron chi connectivity index (χ3n) is 6.24. The van der Waals surface area contributed by atoms with Crippen LogP contribution in [0.15, 0.2) is 56.5 Å². The van der Waals surface area contributed by atoms with Gasteiger partial charge in [0.2, 0.25) is 11.7 Å². The molecule has 2 aromatic heterocycles. The fourth-order valence-corrected chi connectivity index (χ4v) is 5.37. The van der Waals surface area contributed by atoms with E-state index in [0.717, 1.165) is 22.1 Å². The van der Waals surface area contributed by atoms with Crippen LogP contribution in [0.5, 0.6) is 5.75 Å². The molecular formula is C25H22ClN3O7S. The van der Waals surface area contributed by atoms with E-state index in [4.69, 9.17) is 25.9 Å². The zero-order valence-corrected chi connectivity index (χ0v) is 21.1. The van der Waals surface area contributed by atoms with Crippen molar-refractivity contribution in [3.8, 4) is 5.75 Å². The van der Waals surface area contributed by atoms with Crippen LogP contribution >= 0.6 is 22.9 Å². The average molecular weight is 544 g/mol. The molecule has 0 bridgehead atoms. The highest BCUT2D eigenvalue weighted by Crippen LogP contribution is 2.24. The number of piperazine rings is 1. The zero-order chi connectivity index (χ0) is 26.1. The average Bonchev–Trinajstić information content (AvgIpc) is 3.18. The highest BCUT2D eigenvalue weighted by atomic mass is 35.5. The molecule has 0 radical (unpaired) electrons. The zero-order valence-electron chi connectivity index (χ0n) is 19.5. The Balaban J connectivity index is 1.16. The molecule has 1 fully saturated rings. The second-order valence-corrected chi connectivity index (χ2v) is 9.98. The van der Waals surface area contributed by atoms with Gasteiger partial charge in [-0.05, 0) is 30.3 Å². The quantitative estimate of drug-likeness (QED) is 0.377. The predicted molar refractivity (Wildman–Crippen MR) is 139 cm³/mol. The molecule has 3 heterocycles. The molecule has 5 rings (SSSR count). The van der Waals surface area contributed by atoms with Crippen molar-refractivity contribution in [1.82, 2.24) is 14.4 Å². The Labute approximate surface area is 218 Å². The SMILES string of the molecule is O=C(O)c1cc(=O)c2c(OCCN3CCN(C(=O)Cn4c(=O)sc5ccc(Cl)cc54)CC3)cccc2o1. The number of nitrogens with zero attached hydrogens (tertiary/aromatic N) is 3. The normalized spacial score (nSPS) is 14.4. The van der Waals surface area contributed by atoms with Crippen LogP contribution in [0.4, 0.5) is 0 Å². The molecule has 1 amide bonds. The Bertz CT molecular complexity index is 1620. The number of carbonyl (C=O) groups is 2. The summed E-state index contributed by atoms with van der Waals surface area (Å²) in [6, 6.07) is 10.9. The van der Waals surface area contributed by atoms with Crippen molar-refractivity contribution in [3.63, 3.8) is 0 Å². The standard InChI is InChI=1S/C25H22ClN3O7S/c26-15-4-5-21-16(12-15)29(25(34)37-21)14-22(31)28-8-6-27(7-9-28)10-11-35-18-2-1-3-19-23(18)17(30)13-20(36-19)24(32)33/h1-5,12-13H,6-11,14H2,(H,32,33). The highest BCUT2D eigenvalue weighted by Gasteiger charge is 2.23. The van der Waals surface area contributed by atoms with E-state index in [1.54, 1.807) is 35.2 Å². The van der Waals surface area contributed by atoms with Crippen LogP contribution in [0, 0.1) is 0 Å². The summed E-state index contributed by atoms with van der Waals surface area (Å²) >= 11 is 7.16. The number of hydrogen-bond acceptors (Lipinski definition) is 8. The molecule has 1 aliphatic heterocycles. The number of aromatic nitrogens is 1. The number of rotatable bonds is 7. The van der Waals surface area contributed by atoms with E-state index in [-0.39, 0.29) is 28.3 Å². The minimum atomic E-state index is -1.32. The number of aromatic carboxylic acids is 1. The van der Waals surface area contributed by atoms with Gasteiger partial charge in [0.05, 0.1) is 10.2 Å². The number of halogens is 1. The number of carboxylic acid groups (broad SMARTS) is 1. The monoisotopic (exact) mass is 543 g/mol. The number of thiazole rings is 1. The van der Waals surface area contributed by atoms with Gasteiger partial charge in [-0.15, -0.1) is 0 Å². The van der Waals surface area contributed by atoms with Crippen molar-refractivity contribution in [1.29, 1.82) is 0 Å². The van der Waals surface area contributed by atoms with E-state index >= 15 is 0 Å². The van der Waals surface area contributed by atoms with Crippen LogP contribution in [0.25, 0.3) is 21.2 Å². The second kappa shape index (κ2) is 10.4. The molecule has 0 atom stereocenters. The lowest BCUT2D eigenvalue weighted by atomic mass is 10.2. The van der Waals surface area contributed by atoms with E-state index in [1.165, 1.54) is 10.6 Å². The van der Waals surface area contributed by atoms with Crippen molar-refractivity contribution in [2.75, 3.05) is 39.3 Å². The number of amides is 1. The second-order valence-electron chi connectivity index (χ2n) is 8.55. The largest absolute Gasteiger partial charge is 0.491 e. The van der Waals surface area contributed by atoms with Gasteiger partial charge in [0.1, 0.15) is 29.9 Å². The van der Waals surface area contributed by atoms with Crippen LogP contribution in [-0.2, 0) is 11.3 Å². The highest BCUT2D eigenvalue weighted by molar-refractivity contribution is 7.16. The summed E-state index contributed by atoms with van der Waals surface area (Å²) < 4.78 is 13.4. The lowest BCUT2D eigenvalue weighted by Gasteiger charge is -2.34. The minimum Gasteiger partial charge on any atom is -0.491 e. The van der Waals surface area contributed by atoms with Crippen LogP contribution < -0.4 is 15.0 Å². The summed E-state index contributed by atoms with van der Waals surface area (Å²) in [5, 5.41) is 9.80. The fourth-order valence-electron chi connectivity index (χ4n) is 4.33. The molecular weight excluding hydrogens is 522 g/mol. The third-order valence-corrected chi connectivity index (χ3v) is 7.44. The molecule has 192 valence electrons. The molecule has 2 aromatic carbocycles. The summed E-state index contributed by atoms with van der Waals surface area (Å²) in [6.45, 7) is 3.15. The van der Waals surface area contributed by atoms with Crippen LogP contribution in [0.3, 0.4) is 0 Å². The minimum absolute atomic E-state index is 0.0322. The first kappa shape index (κ1) is 25.0. The summed E-state index contributed by atoms with van der Waals surface area (Å²) in [7, 11) is 0. The topological polar surface area (TPSA) is 122 Å². The molecule has 0 unspecified atom stereocenters. The molecule has 4 aromatic rings. The molecule has 1 saturated heterocycles. The summed E-state index contributed by atoms with van der Waals surface area (Å²) in [6.07, 6.45) is 0. The van der Waals surface area contributed by atoms with Crippen molar-refractivity contribution in [2.45, 2.75) is 6.54 Å². The smallest absolute Gasteiger partial charge is 0.371 e. The van der Waals surface area contributed by atoms with Gasteiger partial charge < -0.3 is 19.2 Å². The molecule has 10 nitrogen and oxygen atoms in total. The van der Waals surface area contributed by atoms with Crippen molar-refractivity contribution in [2.24, 2.45) is 0 Å². The molecule has 1 aliphatic rings. The molecule has 1 N–H and O–H groups in total. The van der Waals surface area contributed by atoms with Crippen molar-refractivity contribution >= 4 is 56.0 Å². The van der Waals surface area contributed by atoms with E-state index in [9.17, 15) is 19.2 Å². The van der Waals surface area contributed by atoms with Gasteiger partial charge >= 0.3 is 10.8 Å². The summed E-state index contributed by atoms with van der Waals surface area (Å²) in [5.41, 5.74) is 0.323. The lowest BCUT2D eigenvalue weighted by Crippen LogP contribution is -2.50. The molecule has 37 heavy (non-hydrogen) atoms. The maximum absolute atomic E-state index is 12.9. The number of ether oxygens (including phenoxy) is 1. The first-order valence-electron chi connectivity index (χ1n) is 11.5. The van der Waals surface area contributed by atoms with Crippen LogP contribution in [0.2, 0.25) is 5.02 Å². The molecule has 12 heteroatoms. The van der Waals surface area contributed by atoms with Crippen LogP contribution in [0.1, 0.15) is 10.6 Å². The maximum Gasteiger partial charge on any atom is 0.371 e. The van der Waals surface area contributed by atoms with Gasteiger partial charge in [0.25, 0.3) is 0 Å². The molecule has 0 spiro atoms. The molecule has 0 aliphatic carbocycles. The van der Waals surface area contributed by atoms with E-state index in [2.05, 4.69) is 4.90 Å². The van der Waals surface area contributed by atoms with Crippen LogP contribution in [-0.4, -0.2) is 70.7 Å². The van der Waals surface area contributed by atoms with Gasteiger partial charge in [0.15, 0.2) is 5.43 Å². The number of carboxylic acids is 1.